The number of nitrogens with zero attached hydrogens (tertiary/aromatic N) is 1. The van der Waals surface area contributed by atoms with Crippen LogP contribution in [0.4, 0.5) is 0 Å². The fourth-order valence-electron chi connectivity index (χ4n) is 2.22. The number of esters is 1. The van der Waals surface area contributed by atoms with Crippen molar-refractivity contribution in [2.45, 2.75) is 25.9 Å². The number of methoxy groups -OCH3 is 1. The Labute approximate surface area is 129 Å². The highest BCUT2D eigenvalue weighted by Crippen LogP contribution is 2.23. The van der Waals surface area contributed by atoms with E-state index >= 15 is 0 Å². The lowest BCUT2D eigenvalue weighted by Gasteiger charge is -2.20. The van der Waals surface area contributed by atoms with Crippen LogP contribution < -0.4 is 5.32 Å². The maximum Gasteiger partial charge on any atom is 0.327 e. The number of rotatable bonds is 5. The molecule has 2 aromatic rings. The normalized spacial score (nSPS) is 13.2. The van der Waals surface area contributed by atoms with Crippen LogP contribution in [0.3, 0.4) is 0 Å². The van der Waals surface area contributed by atoms with Crippen molar-refractivity contribution in [1.82, 2.24) is 5.32 Å². The topological polar surface area (TPSA) is 75.3 Å². The molecule has 0 radical (unpaired) electrons. The maximum absolute atomic E-state index is 12.1. The lowest BCUT2D eigenvalue weighted by atomic mass is 10.0. The smallest absolute Gasteiger partial charge is 0.327 e. The summed E-state index contributed by atoms with van der Waals surface area (Å²) in [6, 6.07) is 11.9. The first kappa shape index (κ1) is 15.8. The van der Waals surface area contributed by atoms with E-state index < -0.39 is 12.0 Å². The summed E-state index contributed by atoms with van der Waals surface area (Å²) in [5.41, 5.74) is 1.18. The van der Waals surface area contributed by atoms with Crippen molar-refractivity contribution >= 4 is 5.97 Å². The largest absolute Gasteiger partial charge is 0.468 e. The molecule has 1 N–H and O–H groups in total. The van der Waals surface area contributed by atoms with Crippen LogP contribution in [0.2, 0.25) is 0 Å². The molecule has 5 heteroatoms. The molecule has 0 spiro atoms. The van der Waals surface area contributed by atoms with E-state index in [2.05, 4.69) is 11.4 Å². The Balaban J connectivity index is 2.26. The zero-order valence-electron chi connectivity index (χ0n) is 12.8. The van der Waals surface area contributed by atoms with Crippen LogP contribution in [-0.4, -0.2) is 13.1 Å². The van der Waals surface area contributed by atoms with Gasteiger partial charge in [-0.1, -0.05) is 12.1 Å². The third-order valence-electron chi connectivity index (χ3n) is 3.39. The molecular weight excluding hydrogens is 280 g/mol. The van der Waals surface area contributed by atoms with Crippen molar-refractivity contribution < 1.29 is 13.9 Å². The number of nitrogens with one attached hydrogen (secondary N) is 1. The van der Waals surface area contributed by atoms with Crippen molar-refractivity contribution in [3.63, 3.8) is 0 Å². The van der Waals surface area contributed by atoms with Gasteiger partial charge < -0.3 is 9.15 Å². The van der Waals surface area contributed by atoms with E-state index in [4.69, 9.17) is 14.4 Å². The van der Waals surface area contributed by atoms with E-state index in [1.54, 1.807) is 24.3 Å². The molecule has 0 saturated heterocycles. The molecule has 0 aliphatic heterocycles. The molecule has 1 heterocycles. The van der Waals surface area contributed by atoms with Crippen LogP contribution in [0.5, 0.6) is 0 Å². The van der Waals surface area contributed by atoms with Crippen molar-refractivity contribution in [2.75, 3.05) is 7.11 Å². The number of hydrogen-bond donors (Lipinski definition) is 1. The summed E-state index contributed by atoms with van der Waals surface area (Å²) in [7, 11) is 1.34. The number of ether oxygens (including phenoxy) is 1. The summed E-state index contributed by atoms with van der Waals surface area (Å²) in [4.78, 5) is 12.1. The van der Waals surface area contributed by atoms with Crippen molar-refractivity contribution in [3.05, 3.63) is 59.0 Å². The Morgan fingerprint density at radius 1 is 1.36 bits per heavy atom. The highest BCUT2D eigenvalue weighted by atomic mass is 16.5. The number of carbonyl (C=O) groups excluding carboxylic acids is 1. The Morgan fingerprint density at radius 3 is 2.73 bits per heavy atom. The van der Waals surface area contributed by atoms with Crippen molar-refractivity contribution in [3.8, 4) is 6.07 Å². The second kappa shape index (κ2) is 6.92. The van der Waals surface area contributed by atoms with Gasteiger partial charge in [0.25, 0.3) is 0 Å². The summed E-state index contributed by atoms with van der Waals surface area (Å²) in [5.74, 6) is 1.14. The molecule has 0 amide bonds. The fraction of sp³-hybridized carbons (Fsp3) is 0.294. The maximum atomic E-state index is 12.1. The Morgan fingerprint density at radius 2 is 2.14 bits per heavy atom. The number of aryl methyl sites for hydroxylation is 1. The minimum Gasteiger partial charge on any atom is -0.468 e. The van der Waals surface area contributed by atoms with E-state index in [1.165, 1.54) is 7.11 Å². The van der Waals surface area contributed by atoms with E-state index in [0.29, 0.717) is 11.1 Å². The van der Waals surface area contributed by atoms with Gasteiger partial charge >= 0.3 is 5.97 Å². The third kappa shape index (κ3) is 3.54. The predicted molar refractivity (Wildman–Crippen MR) is 80.9 cm³/mol. The van der Waals surface area contributed by atoms with E-state index in [-0.39, 0.29) is 6.04 Å². The zero-order valence-corrected chi connectivity index (χ0v) is 12.8. The second-order valence-electron chi connectivity index (χ2n) is 5.03. The molecule has 0 saturated carbocycles. The van der Waals surface area contributed by atoms with Crippen LogP contribution in [0, 0.1) is 18.3 Å². The van der Waals surface area contributed by atoms with Gasteiger partial charge in [-0.05, 0) is 43.7 Å². The van der Waals surface area contributed by atoms with Crippen molar-refractivity contribution in [1.29, 1.82) is 5.26 Å². The Kier molecular flexibility index (Phi) is 4.97. The lowest BCUT2D eigenvalue weighted by Crippen LogP contribution is -2.31. The van der Waals surface area contributed by atoms with Gasteiger partial charge in [0, 0.05) is 0 Å². The number of hydrogen-bond acceptors (Lipinski definition) is 5. The molecule has 114 valence electrons. The molecule has 0 fully saturated rings. The first-order valence-corrected chi connectivity index (χ1v) is 6.95. The van der Waals surface area contributed by atoms with E-state index in [9.17, 15) is 4.79 Å². The average molecular weight is 298 g/mol. The Bertz CT molecular complexity index is 700. The molecule has 5 nitrogen and oxygen atoms in total. The number of furan rings is 1. The summed E-state index contributed by atoms with van der Waals surface area (Å²) in [6.45, 7) is 3.77. The molecule has 2 atom stereocenters. The average Bonchev–Trinajstić information content (AvgIpc) is 2.98. The highest BCUT2D eigenvalue weighted by Gasteiger charge is 2.25. The molecule has 0 unspecified atom stereocenters. The molecule has 22 heavy (non-hydrogen) atoms. The summed E-state index contributed by atoms with van der Waals surface area (Å²) >= 11 is 0. The summed E-state index contributed by atoms with van der Waals surface area (Å²) in [5, 5.41) is 12.2. The van der Waals surface area contributed by atoms with Crippen molar-refractivity contribution in [2.24, 2.45) is 0 Å². The molecule has 0 bridgehead atoms. The van der Waals surface area contributed by atoms with Gasteiger partial charge in [0.15, 0.2) is 0 Å². The van der Waals surface area contributed by atoms with Gasteiger partial charge in [-0.15, -0.1) is 0 Å². The second-order valence-corrected chi connectivity index (χ2v) is 5.03. The number of nitriles is 1. The first-order valence-electron chi connectivity index (χ1n) is 6.95. The monoisotopic (exact) mass is 298 g/mol. The van der Waals surface area contributed by atoms with Gasteiger partial charge in [-0.25, -0.2) is 4.79 Å². The fourth-order valence-corrected chi connectivity index (χ4v) is 2.22. The van der Waals surface area contributed by atoms with Crippen LogP contribution in [0.25, 0.3) is 0 Å². The third-order valence-corrected chi connectivity index (χ3v) is 3.39. The van der Waals surface area contributed by atoms with Crippen LogP contribution in [-0.2, 0) is 9.53 Å². The van der Waals surface area contributed by atoms with Gasteiger partial charge in [0.1, 0.15) is 17.6 Å². The molecule has 1 aromatic carbocycles. The summed E-state index contributed by atoms with van der Waals surface area (Å²) in [6.07, 6.45) is 0. The predicted octanol–water partition coefficient (Wildman–Crippen LogP) is 3.02. The minimum atomic E-state index is -0.668. The molecule has 0 aliphatic rings. The quantitative estimate of drug-likeness (QED) is 0.859. The number of carbonyl (C=O) groups is 1. The van der Waals surface area contributed by atoms with Gasteiger partial charge in [-0.2, -0.15) is 5.26 Å². The standard InChI is InChI=1S/C17H18N2O3/c1-11-7-8-15(22-11)12(2)19-16(17(20)21-3)14-6-4-5-13(9-14)10-18/h4-9,12,16,19H,1-3H3/t12-,16+/m0/s1. The zero-order chi connectivity index (χ0) is 16.1. The first-order chi connectivity index (χ1) is 10.5. The lowest BCUT2D eigenvalue weighted by molar-refractivity contribution is -0.143. The van der Waals surface area contributed by atoms with Gasteiger partial charge in [-0.3, -0.25) is 5.32 Å². The van der Waals surface area contributed by atoms with Crippen LogP contribution in [0.1, 0.15) is 41.7 Å². The molecule has 0 aliphatic carbocycles. The van der Waals surface area contributed by atoms with E-state index in [0.717, 1.165) is 11.5 Å². The molecule has 1 aromatic heterocycles. The van der Waals surface area contributed by atoms with Crippen LogP contribution >= 0.6 is 0 Å². The summed E-state index contributed by atoms with van der Waals surface area (Å²) < 4.78 is 10.4. The number of benzene rings is 1. The van der Waals surface area contributed by atoms with Crippen LogP contribution in [0.15, 0.2) is 40.8 Å². The van der Waals surface area contributed by atoms with Gasteiger partial charge in [0.2, 0.25) is 0 Å². The molecular formula is C17H18N2O3. The SMILES string of the molecule is COC(=O)[C@H](N[C@@H](C)c1ccc(C)o1)c1cccc(C#N)c1. The molecule has 2 rings (SSSR count). The highest BCUT2D eigenvalue weighted by molar-refractivity contribution is 5.77. The Hall–Kier alpha value is -2.58. The minimum absolute atomic E-state index is 0.177. The van der Waals surface area contributed by atoms with E-state index in [1.807, 2.05) is 26.0 Å². The van der Waals surface area contributed by atoms with Gasteiger partial charge in [0.05, 0.1) is 24.8 Å².